The number of benzene rings is 3. The second kappa shape index (κ2) is 6.00. The van der Waals surface area contributed by atoms with Gasteiger partial charge < -0.3 is 11.5 Å². The van der Waals surface area contributed by atoms with Crippen molar-refractivity contribution >= 4 is 25.1 Å². The number of hydrogen-bond donors (Lipinski definition) is 2. The summed E-state index contributed by atoms with van der Waals surface area (Å²) in [5, 5.41) is 0.693. The first-order chi connectivity index (χ1) is 10.7. The fourth-order valence-corrected chi connectivity index (χ4v) is 3.07. The Morgan fingerprint density at radius 3 is 1.77 bits per heavy atom. The molecular formula is C18H15N2OP. The molecule has 0 amide bonds. The van der Waals surface area contributed by atoms with Gasteiger partial charge in [-0.15, -0.1) is 0 Å². The lowest BCUT2D eigenvalue weighted by atomic mass is 9.93. The first-order valence-electron chi connectivity index (χ1n) is 6.88. The van der Waals surface area contributed by atoms with Crippen LogP contribution in [-0.4, -0.2) is 0 Å². The molecule has 0 aliphatic heterocycles. The minimum Gasteiger partial charge on any atom is -0.398 e. The van der Waals surface area contributed by atoms with E-state index in [9.17, 15) is 4.57 Å². The van der Waals surface area contributed by atoms with Crippen LogP contribution in [0.3, 0.4) is 0 Å². The molecule has 0 fully saturated rings. The van der Waals surface area contributed by atoms with Crippen molar-refractivity contribution in [1.82, 2.24) is 0 Å². The van der Waals surface area contributed by atoms with E-state index in [0.717, 1.165) is 22.3 Å². The van der Waals surface area contributed by atoms with Gasteiger partial charge in [0.2, 0.25) is 0 Å². The van der Waals surface area contributed by atoms with Crippen LogP contribution in [0.15, 0.2) is 66.7 Å². The van der Waals surface area contributed by atoms with Gasteiger partial charge in [-0.05, 0) is 23.8 Å². The van der Waals surface area contributed by atoms with Gasteiger partial charge >= 0.3 is 0 Å². The fourth-order valence-electron chi connectivity index (χ4n) is 2.59. The number of para-hydroxylation sites is 2. The summed E-state index contributed by atoms with van der Waals surface area (Å²) in [6.45, 7) is 0. The molecule has 22 heavy (non-hydrogen) atoms. The van der Waals surface area contributed by atoms with E-state index in [0.29, 0.717) is 16.7 Å². The molecule has 0 saturated carbocycles. The lowest BCUT2D eigenvalue weighted by Gasteiger charge is -2.15. The Morgan fingerprint density at radius 2 is 1.18 bits per heavy atom. The molecule has 3 aromatic carbocycles. The van der Waals surface area contributed by atoms with Crippen LogP contribution in [0.2, 0.25) is 0 Å². The number of hydrogen-bond acceptors (Lipinski definition) is 3. The molecule has 4 heteroatoms. The molecule has 4 N–H and O–H groups in total. The molecule has 3 rings (SSSR count). The monoisotopic (exact) mass is 306 g/mol. The zero-order chi connectivity index (χ0) is 15.5. The maximum absolute atomic E-state index is 11.6. The number of rotatable bonds is 3. The largest absolute Gasteiger partial charge is 0.398 e. The topological polar surface area (TPSA) is 69.1 Å². The Balaban J connectivity index is 2.36. The third-order valence-corrected chi connectivity index (χ3v) is 4.19. The highest BCUT2D eigenvalue weighted by Gasteiger charge is 2.15. The molecule has 0 atom stereocenters. The summed E-state index contributed by atoms with van der Waals surface area (Å²) in [5.41, 5.74) is 17.1. The molecule has 0 aromatic heterocycles. The zero-order valence-corrected chi connectivity index (χ0v) is 12.8. The van der Waals surface area contributed by atoms with Crippen molar-refractivity contribution in [3.63, 3.8) is 0 Å². The summed E-state index contributed by atoms with van der Waals surface area (Å²) in [7, 11) is -0.0451. The first kappa shape index (κ1) is 14.3. The molecule has 108 valence electrons. The Morgan fingerprint density at radius 1 is 0.636 bits per heavy atom. The molecule has 0 saturated heterocycles. The van der Waals surface area contributed by atoms with Crippen molar-refractivity contribution in [2.45, 2.75) is 0 Å². The number of anilines is 2. The predicted molar refractivity (Wildman–Crippen MR) is 93.4 cm³/mol. The highest BCUT2D eigenvalue weighted by molar-refractivity contribution is 7.34. The smallest absolute Gasteiger partial charge is 0.192 e. The maximum Gasteiger partial charge on any atom is 0.192 e. The molecule has 3 aromatic rings. The van der Waals surface area contributed by atoms with Crippen molar-refractivity contribution in [2.75, 3.05) is 11.5 Å². The molecule has 0 unspecified atom stereocenters. The molecule has 0 heterocycles. The van der Waals surface area contributed by atoms with Crippen LogP contribution in [0.1, 0.15) is 0 Å². The van der Waals surface area contributed by atoms with Gasteiger partial charge in [-0.25, -0.2) is 0 Å². The van der Waals surface area contributed by atoms with Gasteiger partial charge in [-0.2, -0.15) is 0 Å². The van der Waals surface area contributed by atoms with Gasteiger partial charge in [0.25, 0.3) is 0 Å². The second-order valence-electron chi connectivity index (χ2n) is 4.97. The quantitative estimate of drug-likeness (QED) is 0.565. The lowest BCUT2D eigenvalue weighted by molar-refractivity contribution is 0.603. The SMILES string of the molecule is Nc1ccccc1-c1cccc(P=O)c1-c1ccccc1N. The molecule has 0 bridgehead atoms. The van der Waals surface area contributed by atoms with Crippen molar-refractivity contribution < 1.29 is 4.57 Å². The van der Waals surface area contributed by atoms with Crippen molar-refractivity contribution in [1.29, 1.82) is 0 Å². The molecular weight excluding hydrogens is 291 g/mol. The molecule has 3 nitrogen and oxygen atoms in total. The minimum absolute atomic E-state index is 0.0451. The van der Waals surface area contributed by atoms with Crippen molar-refractivity contribution in [3.05, 3.63) is 66.7 Å². The maximum atomic E-state index is 11.6. The Bertz CT molecular complexity index is 846. The minimum atomic E-state index is -0.0451. The molecule has 0 spiro atoms. The highest BCUT2D eigenvalue weighted by atomic mass is 31.1. The van der Waals surface area contributed by atoms with Crippen LogP contribution in [0.25, 0.3) is 22.3 Å². The van der Waals surface area contributed by atoms with E-state index < -0.39 is 0 Å². The number of nitrogens with two attached hydrogens (primary N) is 2. The lowest BCUT2D eigenvalue weighted by Crippen LogP contribution is -2.03. The average Bonchev–Trinajstić information content (AvgIpc) is 2.55. The zero-order valence-electron chi connectivity index (χ0n) is 11.9. The Kier molecular flexibility index (Phi) is 3.90. The Hall–Kier alpha value is -2.64. The van der Waals surface area contributed by atoms with Crippen molar-refractivity contribution in [2.24, 2.45) is 0 Å². The van der Waals surface area contributed by atoms with Crippen LogP contribution in [0.4, 0.5) is 11.4 Å². The first-order valence-corrected chi connectivity index (χ1v) is 7.69. The van der Waals surface area contributed by atoms with Crippen LogP contribution in [0.5, 0.6) is 0 Å². The van der Waals surface area contributed by atoms with Crippen molar-refractivity contribution in [3.8, 4) is 22.3 Å². The summed E-state index contributed by atoms with van der Waals surface area (Å²) >= 11 is 0. The summed E-state index contributed by atoms with van der Waals surface area (Å²) < 4.78 is 11.6. The Labute approximate surface area is 130 Å². The van der Waals surface area contributed by atoms with E-state index in [1.165, 1.54) is 0 Å². The van der Waals surface area contributed by atoms with E-state index in [2.05, 4.69) is 0 Å². The third-order valence-electron chi connectivity index (χ3n) is 3.62. The van der Waals surface area contributed by atoms with E-state index >= 15 is 0 Å². The van der Waals surface area contributed by atoms with Gasteiger partial charge in [0.15, 0.2) is 8.46 Å². The van der Waals surface area contributed by atoms with Gasteiger partial charge in [-0.3, -0.25) is 4.57 Å². The van der Waals surface area contributed by atoms with Crippen LogP contribution >= 0.6 is 8.46 Å². The fraction of sp³-hybridized carbons (Fsp3) is 0. The summed E-state index contributed by atoms with van der Waals surface area (Å²) in [4.78, 5) is 0. The summed E-state index contributed by atoms with van der Waals surface area (Å²) in [5.74, 6) is 0. The van der Waals surface area contributed by atoms with Gasteiger partial charge in [0.05, 0.1) is 5.30 Å². The highest BCUT2D eigenvalue weighted by Crippen LogP contribution is 2.37. The van der Waals surface area contributed by atoms with Gasteiger partial charge in [-0.1, -0.05) is 48.5 Å². The van der Waals surface area contributed by atoms with Crippen LogP contribution < -0.4 is 16.8 Å². The molecule has 0 radical (unpaired) electrons. The third kappa shape index (κ3) is 2.47. The normalized spacial score (nSPS) is 10.7. The van der Waals surface area contributed by atoms with Crippen LogP contribution in [-0.2, 0) is 4.57 Å². The standard InChI is InChI=1S/C18H15N2OP/c19-15-9-3-1-6-12(15)13-8-5-11-17(22-21)18(13)14-7-2-4-10-16(14)20/h1-11H,19-20H2. The molecule has 0 aliphatic carbocycles. The van der Waals surface area contributed by atoms with Gasteiger partial charge in [0.1, 0.15) is 0 Å². The molecule has 0 aliphatic rings. The van der Waals surface area contributed by atoms with Crippen LogP contribution in [0, 0.1) is 0 Å². The predicted octanol–water partition coefficient (Wildman–Crippen LogP) is 4.10. The average molecular weight is 306 g/mol. The van der Waals surface area contributed by atoms with E-state index in [1.54, 1.807) is 0 Å². The summed E-state index contributed by atoms with van der Waals surface area (Å²) in [6.07, 6.45) is 0. The summed E-state index contributed by atoms with van der Waals surface area (Å²) in [6, 6.07) is 20.9. The number of nitrogen functional groups attached to an aromatic ring is 2. The van der Waals surface area contributed by atoms with E-state index in [1.807, 2.05) is 66.7 Å². The van der Waals surface area contributed by atoms with E-state index in [-0.39, 0.29) is 8.46 Å². The van der Waals surface area contributed by atoms with E-state index in [4.69, 9.17) is 11.5 Å². The second-order valence-corrected chi connectivity index (χ2v) is 5.63. The van der Waals surface area contributed by atoms with Gasteiger partial charge in [0, 0.05) is 28.1 Å².